The molecule has 0 saturated heterocycles. The summed E-state index contributed by atoms with van der Waals surface area (Å²) in [4.78, 5) is 24.4. The molecule has 2 aromatic rings. The number of aromatic nitrogens is 3. The summed E-state index contributed by atoms with van der Waals surface area (Å²) >= 11 is 0. The monoisotopic (exact) mass is 299 g/mol. The van der Waals surface area contributed by atoms with Crippen LogP contribution >= 0.6 is 0 Å². The third-order valence-corrected chi connectivity index (χ3v) is 3.14. The number of nitrogens with zero attached hydrogens (tertiary/aromatic N) is 3. The number of unbranched alkanes of at least 4 members (excludes halogenated alkanes) is 2. The molecule has 0 aliphatic carbocycles. The topological polar surface area (TPSA) is 79.8 Å². The Morgan fingerprint density at radius 3 is 2.86 bits per heavy atom. The van der Waals surface area contributed by atoms with Crippen LogP contribution in [0.5, 0.6) is 0 Å². The summed E-state index contributed by atoms with van der Waals surface area (Å²) in [6.07, 6.45) is 6.53. The second kappa shape index (κ2) is 8.71. The molecule has 22 heavy (non-hydrogen) atoms. The van der Waals surface area contributed by atoms with Crippen molar-refractivity contribution in [2.24, 2.45) is 0 Å². The smallest absolute Gasteiger partial charge is 0.270 e. The second-order valence-corrected chi connectivity index (χ2v) is 4.93. The van der Waals surface area contributed by atoms with E-state index in [1.54, 1.807) is 12.3 Å². The van der Waals surface area contributed by atoms with Crippen LogP contribution in [0.3, 0.4) is 0 Å². The minimum absolute atomic E-state index is 0.232. The highest BCUT2D eigenvalue weighted by Gasteiger charge is 2.08. The molecule has 0 bridgehead atoms. The Morgan fingerprint density at radius 1 is 1.18 bits per heavy atom. The van der Waals surface area contributed by atoms with E-state index in [2.05, 4.69) is 32.5 Å². The highest BCUT2D eigenvalue weighted by molar-refractivity contribution is 5.92. The third-order valence-electron chi connectivity index (χ3n) is 3.14. The fourth-order valence-electron chi connectivity index (χ4n) is 1.93. The predicted octanol–water partition coefficient (Wildman–Crippen LogP) is 2.40. The lowest BCUT2D eigenvalue weighted by Gasteiger charge is -2.07. The summed E-state index contributed by atoms with van der Waals surface area (Å²) in [6, 6.07) is 7.25. The fourth-order valence-corrected chi connectivity index (χ4v) is 1.93. The van der Waals surface area contributed by atoms with Crippen molar-refractivity contribution in [3.63, 3.8) is 0 Å². The van der Waals surface area contributed by atoms with Crippen LogP contribution in [0.2, 0.25) is 0 Å². The lowest BCUT2D eigenvalue weighted by molar-refractivity contribution is 0.0945. The van der Waals surface area contributed by atoms with Gasteiger partial charge in [-0.05, 0) is 18.6 Å². The van der Waals surface area contributed by atoms with Crippen LogP contribution in [0.4, 0.5) is 5.82 Å². The molecule has 0 fully saturated rings. The zero-order valence-electron chi connectivity index (χ0n) is 12.7. The fraction of sp³-hybridized carbons (Fsp3) is 0.375. The van der Waals surface area contributed by atoms with Gasteiger partial charge >= 0.3 is 0 Å². The quantitative estimate of drug-likeness (QED) is 0.732. The molecule has 2 heterocycles. The molecule has 0 unspecified atom stereocenters. The van der Waals surface area contributed by atoms with E-state index in [0.29, 0.717) is 18.1 Å². The number of nitrogens with one attached hydrogen (secondary N) is 2. The standard InChI is InChI=1S/C16H21N5O/c1-2-3-5-9-18-15-10-14(20-12-21-15)16(22)19-11-13-7-4-6-8-17-13/h4,6-8,10,12H,2-3,5,9,11H2,1H3,(H,19,22)(H,18,20,21). The van der Waals surface area contributed by atoms with Gasteiger partial charge in [0.25, 0.3) is 5.91 Å². The van der Waals surface area contributed by atoms with Gasteiger partial charge in [0.2, 0.25) is 0 Å². The molecule has 2 N–H and O–H groups in total. The van der Waals surface area contributed by atoms with E-state index < -0.39 is 0 Å². The number of hydrogen-bond acceptors (Lipinski definition) is 5. The Hall–Kier alpha value is -2.50. The molecule has 116 valence electrons. The molecular weight excluding hydrogens is 278 g/mol. The molecular formula is C16H21N5O. The minimum Gasteiger partial charge on any atom is -0.370 e. The number of hydrogen-bond donors (Lipinski definition) is 2. The van der Waals surface area contributed by atoms with Gasteiger partial charge in [0, 0.05) is 18.8 Å². The Labute approximate surface area is 130 Å². The number of amides is 1. The number of carbonyl (C=O) groups excluding carboxylic acids is 1. The lowest BCUT2D eigenvalue weighted by Crippen LogP contribution is -2.24. The van der Waals surface area contributed by atoms with Crippen LogP contribution in [0, 0.1) is 0 Å². The average Bonchev–Trinajstić information content (AvgIpc) is 2.58. The van der Waals surface area contributed by atoms with Gasteiger partial charge in [-0.15, -0.1) is 0 Å². The summed E-state index contributed by atoms with van der Waals surface area (Å²) in [5.74, 6) is 0.443. The van der Waals surface area contributed by atoms with Gasteiger partial charge in [-0.3, -0.25) is 9.78 Å². The molecule has 2 aromatic heterocycles. The van der Waals surface area contributed by atoms with Crippen molar-refractivity contribution in [1.82, 2.24) is 20.3 Å². The van der Waals surface area contributed by atoms with Gasteiger partial charge < -0.3 is 10.6 Å². The SMILES string of the molecule is CCCCCNc1cc(C(=O)NCc2ccccn2)ncn1. The largest absolute Gasteiger partial charge is 0.370 e. The minimum atomic E-state index is -0.232. The average molecular weight is 299 g/mol. The van der Waals surface area contributed by atoms with E-state index in [4.69, 9.17) is 0 Å². The van der Waals surface area contributed by atoms with E-state index in [9.17, 15) is 4.79 Å². The van der Waals surface area contributed by atoms with Gasteiger partial charge in [0.05, 0.1) is 12.2 Å². The van der Waals surface area contributed by atoms with Crippen LogP contribution in [-0.4, -0.2) is 27.4 Å². The summed E-state index contributed by atoms with van der Waals surface area (Å²) in [7, 11) is 0. The number of anilines is 1. The van der Waals surface area contributed by atoms with Gasteiger partial charge in [0.1, 0.15) is 17.8 Å². The van der Waals surface area contributed by atoms with Crippen LogP contribution in [0.1, 0.15) is 42.4 Å². The molecule has 0 spiro atoms. The number of rotatable bonds is 8. The van der Waals surface area contributed by atoms with Gasteiger partial charge in [0.15, 0.2) is 0 Å². The van der Waals surface area contributed by atoms with E-state index in [1.807, 2.05) is 18.2 Å². The van der Waals surface area contributed by atoms with Crippen molar-refractivity contribution in [1.29, 1.82) is 0 Å². The Balaban J connectivity index is 1.86. The first-order valence-electron chi connectivity index (χ1n) is 7.53. The molecule has 0 radical (unpaired) electrons. The van der Waals surface area contributed by atoms with Crippen molar-refractivity contribution in [3.8, 4) is 0 Å². The van der Waals surface area contributed by atoms with Crippen LogP contribution in [-0.2, 0) is 6.54 Å². The molecule has 0 aliphatic rings. The van der Waals surface area contributed by atoms with Crippen LogP contribution in [0.25, 0.3) is 0 Å². The molecule has 0 saturated carbocycles. The van der Waals surface area contributed by atoms with E-state index in [1.165, 1.54) is 19.2 Å². The van der Waals surface area contributed by atoms with E-state index >= 15 is 0 Å². The van der Waals surface area contributed by atoms with Crippen LogP contribution < -0.4 is 10.6 Å². The first-order valence-corrected chi connectivity index (χ1v) is 7.53. The summed E-state index contributed by atoms with van der Waals surface area (Å²) in [5.41, 5.74) is 1.16. The lowest BCUT2D eigenvalue weighted by atomic mass is 10.2. The Kier molecular flexibility index (Phi) is 6.29. The first kappa shape index (κ1) is 15.9. The number of carbonyl (C=O) groups is 1. The van der Waals surface area contributed by atoms with Gasteiger partial charge in [-0.25, -0.2) is 9.97 Å². The molecule has 0 aliphatic heterocycles. The molecule has 6 nitrogen and oxygen atoms in total. The molecule has 0 aromatic carbocycles. The molecule has 1 amide bonds. The number of pyridine rings is 1. The van der Waals surface area contributed by atoms with E-state index in [-0.39, 0.29) is 5.91 Å². The highest BCUT2D eigenvalue weighted by Crippen LogP contribution is 2.05. The summed E-state index contributed by atoms with van der Waals surface area (Å²) < 4.78 is 0. The van der Waals surface area contributed by atoms with Crippen molar-refractivity contribution >= 4 is 11.7 Å². The third kappa shape index (κ3) is 5.12. The van der Waals surface area contributed by atoms with E-state index in [0.717, 1.165) is 18.7 Å². The first-order chi connectivity index (χ1) is 10.8. The normalized spacial score (nSPS) is 10.2. The second-order valence-electron chi connectivity index (χ2n) is 4.93. The maximum Gasteiger partial charge on any atom is 0.270 e. The Bertz CT molecular complexity index is 588. The molecule has 2 rings (SSSR count). The zero-order chi connectivity index (χ0) is 15.6. The summed E-state index contributed by atoms with van der Waals surface area (Å²) in [5, 5.41) is 6.00. The van der Waals surface area contributed by atoms with Crippen molar-refractivity contribution in [2.75, 3.05) is 11.9 Å². The highest BCUT2D eigenvalue weighted by atomic mass is 16.1. The molecule has 6 heteroatoms. The van der Waals surface area contributed by atoms with Crippen molar-refractivity contribution in [3.05, 3.63) is 48.2 Å². The maximum absolute atomic E-state index is 12.1. The Morgan fingerprint density at radius 2 is 2.09 bits per heavy atom. The maximum atomic E-state index is 12.1. The molecule has 0 atom stereocenters. The van der Waals surface area contributed by atoms with Gasteiger partial charge in [-0.1, -0.05) is 25.8 Å². The summed E-state index contributed by atoms with van der Waals surface area (Å²) in [6.45, 7) is 3.39. The van der Waals surface area contributed by atoms with Crippen LogP contribution in [0.15, 0.2) is 36.8 Å². The predicted molar refractivity (Wildman–Crippen MR) is 85.5 cm³/mol. The van der Waals surface area contributed by atoms with Crippen molar-refractivity contribution in [2.45, 2.75) is 32.7 Å². The zero-order valence-corrected chi connectivity index (χ0v) is 12.7. The van der Waals surface area contributed by atoms with Crippen molar-refractivity contribution < 1.29 is 4.79 Å². The van der Waals surface area contributed by atoms with Gasteiger partial charge in [-0.2, -0.15) is 0 Å².